The van der Waals surface area contributed by atoms with Crippen molar-refractivity contribution in [1.29, 1.82) is 0 Å². The Morgan fingerprint density at radius 2 is 2.08 bits per heavy atom. The Hall–Kier alpha value is -1.17. The van der Waals surface area contributed by atoms with E-state index in [1.807, 2.05) is 32.0 Å². The molecule has 1 aliphatic rings. The van der Waals surface area contributed by atoms with Crippen LogP contribution < -0.4 is 0 Å². The molecule has 0 saturated carbocycles. The van der Waals surface area contributed by atoms with Crippen LogP contribution in [-0.2, 0) is 26.4 Å². The summed E-state index contributed by atoms with van der Waals surface area (Å²) in [5, 5.41) is 1.08. The highest BCUT2D eigenvalue weighted by Crippen LogP contribution is 2.41. The molecule has 1 fully saturated rings. The van der Waals surface area contributed by atoms with Gasteiger partial charge in [-0.05, 0) is 23.8 Å². The summed E-state index contributed by atoms with van der Waals surface area (Å²) in [5.41, 5.74) is 1.75. The normalized spacial score (nSPS) is 22.4. The monoisotopic (exact) mass is 383 g/mol. The lowest BCUT2D eigenvalue weighted by Gasteiger charge is -2.29. The smallest absolute Gasteiger partial charge is 0.201 e. The van der Waals surface area contributed by atoms with E-state index >= 15 is 0 Å². The largest absolute Gasteiger partial charge is 0.382 e. The summed E-state index contributed by atoms with van der Waals surface area (Å²) in [6.07, 6.45) is 3.88. The number of nitrogens with zero attached hydrogens (tertiary/aromatic N) is 1. The first-order valence-corrected chi connectivity index (χ1v) is 9.04. The van der Waals surface area contributed by atoms with Gasteiger partial charge in [-0.2, -0.15) is 0 Å². The van der Waals surface area contributed by atoms with Gasteiger partial charge in [0.2, 0.25) is 5.79 Å². The molecule has 3 rings (SSSR count). The Kier molecular flexibility index (Phi) is 7.66. The second kappa shape index (κ2) is 9.51. The first-order valence-electron chi connectivity index (χ1n) is 8.28. The van der Waals surface area contributed by atoms with Gasteiger partial charge in [0.15, 0.2) is 0 Å². The van der Waals surface area contributed by atoms with E-state index in [1.165, 1.54) is 0 Å². The summed E-state index contributed by atoms with van der Waals surface area (Å²) in [7, 11) is 1.64. The van der Waals surface area contributed by atoms with E-state index in [-0.39, 0.29) is 6.10 Å². The maximum Gasteiger partial charge on any atom is 0.201 e. The SMILES string of the molecule is CC.COCC1COC(Cc2cccnc2)(c2ccc(Cl)cc2Cl)O1. The zero-order valence-electron chi connectivity index (χ0n) is 14.7. The van der Waals surface area contributed by atoms with Crippen molar-refractivity contribution >= 4 is 23.2 Å². The van der Waals surface area contributed by atoms with Crippen molar-refractivity contribution in [2.75, 3.05) is 20.3 Å². The maximum absolute atomic E-state index is 6.40. The standard InChI is InChI=1S/C17H17Cl2NO3.C2H6/c1-21-10-14-11-22-17(23-14,8-12-3-2-6-20-9-12)15-5-4-13(18)7-16(15)19;1-2/h2-7,9,14H,8,10-11H2,1H3;1-2H3. The topological polar surface area (TPSA) is 40.6 Å². The average molecular weight is 384 g/mol. The average Bonchev–Trinajstić information content (AvgIpc) is 3.01. The number of halogens is 2. The van der Waals surface area contributed by atoms with Gasteiger partial charge in [0.25, 0.3) is 0 Å². The molecular formula is C19H23Cl2NO3. The lowest BCUT2D eigenvalue weighted by atomic mass is 9.98. The summed E-state index contributed by atoms with van der Waals surface area (Å²) in [6.45, 7) is 4.90. The Bertz CT molecular complexity index is 669. The van der Waals surface area contributed by atoms with Crippen molar-refractivity contribution < 1.29 is 14.2 Å². The number of rotatable bonds is 5. The molecule has 25 heavy (non-hydrogen) atoms. The highest BCUT2D eigenvalue weighted by molar-refractivity contribution is 6.35. The van der Waals surface area contributed by atoms with Crippen LogP contribution in [-0.4, -0.2) is 31.4 Å². The van der Waals surface area contributed by atoms with Crippen molar-refractivity contribution in [3.8, 4) is 0 Å². The molecule has 0 spiro atoms. The molecule has 136 valence electrons. The minimum atomic E-state index is -0.964. The van der Waals surface area contributed by atoms with Crippen molar-refractivity contribution in [3.63, 3.8) is 0 Å². The Morgan fingerprint density at radius 1 is 1.28 bits per heavy atom. The highest BCUT2D eigenvalue weighted by Gasteiger charge is 2.44. The molecule has 1 aromatic heterocycles. The van der Waals surface area contributed by atoms with Crippen LogP contribution in [0.3, 0.4) is 0 Å². The lowest BCUT2D eigenvalue weighted by molar-refractivity contribution is -0.180. The molecular weight excluding hydrogens is 361 g/mol. The third kappa shape index (κ3) is 4.93. The van der Waals surface area contributed by atoms with Gasteiger partial charge in [0.05, 0.1) is 18.2 Å². The molecule has 1 aliphatic heterocycles. The van der Waals surface area contributed by atoms with E-state index < -0.39 is 5.79 Å². The van der Waals surface area contributed by atoms with Crippen LogP contribution in [0.5, 0.6) is 0 Å². The predicted octanol–water partition coefficient (Wildman–Crippen LogP) is 4.87. The first kappa shape index (κ1) is 20.1. The van der Waals surface area contributed by atoms with Gasteiger partial charge in [-0.3, -0.25) is 4.98 Å². The number of methoxy groups -OCH3 is 1. The quantitative estimate of drug-likeness (QED) is 0.737. The van der Waals surface area contributed by atoms with Gasteiger partial charge in [-0.1, -0.05) is 49.2 Å². The van der Waals surface area contributed by atoms with Crippen LogP contribution in [0.25, 0.3) is 0 Å². The van der Waals surface area contributed by atoms with Crippen LogP contribution in [0.1, 0.15) is 25.0 Å². The van der Waals surface area contributed by atoms with E-state index in [4.69, 9.17) is 37.4 Å². The molecule has 4 nitrogen and oxygen atoms in total. The molecule has 0 N–H and O–H groups in total. The third-order valence-electron chi connectivity index (χ3n) is 3.71. The molecule has 2 heterocycles. The van der Waals surface area contributed by atoms with Crippen LogP contribution >= 0.6 is 23.2 Å². The summed E-state index contributed by atoms with van der Waals surface area (Å²) in [5.74, 6) is -0.964. The number of aromatic nitrogens is 1. The van der Waals surface area contributed by atoms with Crippen LogP contribution in [0, 0.1) is 0 Å². The Balaban J connectivity index is 0.00000109. The Labute approximate surface area is 159 Å². The molecule has 6 heteroatoms. The fourth-order valence-electron chi connectivity index (χ4n) is 2.73. The zero-order valence-corrected chi connectivity index (χ0v) is 16.2. The molecule has 0 radical (unpaired) electrons. The van der Waals surface area contributed by atoms with E-state index in [1.54, 1.807) is 31.6 Å². The summed E-state index contributed by atoms with van der Waals surface area (Å²) < 4.78 is 17.4. The summed E-state index contributed by atoms with van der Waals surface area (Å²) in [6, 6.07) is 9.18. The number of hydrogen-bond donors (Lipinski definition) is 0. The van der Waals surface area contributed by atoms with E-state index in [2.05, 4.69) is 4.98 Å². The maximum atomic E-state index is 6.40. The molecule has 0 amide bonds. The van der Waals surface area contributed by atoms with Gasteiger partial charge in [-0.25, -0.2) is 0 Å². The lowest BCUT2D eigenvalue weighted by Crippen LogP contribution is -2.32. The van der Waals surface area contributed by atoms with Crippen LogP contribution in [0.2, 0.25) is 10.0 Å². The minimum absolute atomic E-state index is 0.150. The summed E-state index contributed by atoms with van der Waals surface area (Å²) >= 11 is 12.4. The number of ether oxygens (including phenoxy) is 3. The van der Waals surface area contributed by atoms with Gasteiger partial charge in [-0.15, -0.1) is 0 Å². The van der Waals surface area contributed by atoms with Crippen molar-refractivity contribution in [2.45, 2.75) is 32.2 Å². The summed E-state index contributed by atoms with van der Waals surface area (Å²) in [4.78, 5) is 4.15. The van der Waals surface area contributed by atoms with Crippen molar-refractivity contribution in [3.05, 3.63) is 63.9 Å². The molecule has 1 aromatic carbocycles. The van der Waals surface area contributed by atoms with Gasteiger partial charge in [0.1, 0.15) is 6.10 Å². The fourth-order valence-corrected chi connectivity index (χ4v) is 3.28. The van der Waals surface area contributed by atoms with E-state index in [0.29, 0.717) is 29.7 Å². The number of hydrogen-bond acceptors (Lipinski definition) is 4. The number of benzene rings is 1. The fraction of sp³-hybridized carbons (Fsp3) is 0.421. The van der Waals surface area contributed by atoms with E-state index in [9.17, 15) is 0 Å². The second-order valence-corrected chi connectivity index (χ2v) is 6.26. The second-order valence-electron chi connectivity index (χ2n) is 5.42. The molecule has 0 aliphatic carbocycles. The molecule has 0 bridgehead atoms. The highest BCUT2D eigenvalue weighted by atomic mass is 35.5. The van der Waals surface area contributed by atoms with E-state index in [0.717, 1.165) is 11.1 Å². The number of pyridine rings is 1. The van der Waals surface area contributed by atoms with Gasteiger partial charge in [0, 0.05) is 36.5 Å². The zero-order chi connectivity index (χ0) is 18.3. The molecule has 2 aromatic rings. The van der Waals surface area contributed by atoms with Crippen LogP contribution in [0.15, 0.2) is 42.7 Å². The third-order valence-corrected chi connectivity index (χ3v) is 4.26. The van der Waals surface area contributed by atoms with Gasteiger partial charge >= 0.3 is 0 Å². The Morgan fingerprint density at radius 3 is 2.72 bits per heavy atom. The molecule has 2 atom stereocenters. The molecule has 2 unspecified atom stereocenters. The van der Waals surface area contributed by atoms with Crippen LogP contribution in [0.4, 0.5) is 0 Å². The van der Waals surface area contributed by atoms with Crippen molar-refractivity contribution in [2.24, 2.45) is 0 Å². The van der Waals surface area contributed by atoms with Crippen molar-refractivity contribution in [1.82, 2.24) is 4.98 Å². The minimum Gasteiger partial charge on any atom is -0.382 e. The molecule has 1 saturated heterocycles. The van der Waals surface area contributed by atoms with Gasteiger partial charge < -0.3 is 14.2 Å². The predicted molar refractivity (Wildman–Crippen MR) is 100 cm³/mol. The first-order chi connectivity index (χ1) is 12.1.